The van der Waals surface area contributed by atoms with Gasteiger partial charge in [0.15, 0.2) is 5.65 Å². The fourth-order valence-corrected chi connectivity index (χ4v) is 2.37. The van der Waals surface area contributed by atoms with Crippen molar-refractivity contribution in [1.29, 1.82) is 0 Å². The topological polar surface area (TPSA) is 74.4 Å². The lowest BCUT2D eigenvalue weighted by Gasteiger charge is -2.07. The lowest BCUT2D eigenvalue weighted by Crippen LogP contribution is -2.07. The van der Waals surface area contributed by atoms with Crippen molar-refractivity contribution in [1.82, 2.24) is 20.2 Å². The molecule has 2 heterocycles. The van der Waals surface area contributed by atoms with Crippen molar-refractivity contribution in [2.24, 2.45) is 0 Å². The molecule has 7 heteroatoms. The summed E-state index contributed by atoms with van der Waals surface area (Å²) in [6.45, 7) is 3.95. The van der Waals surface area contributed by atoms with Gasteiger partial charge in [-0.3, -0.25) is 9.89 Å². The number of rotatable bonds is 2. The van der Waals surface area contributed by atoms with E-state index in [9.17, 15) is 4.79 Å². The number of aromatic nitrogens is 4. The fraction of sp³-hybridized carbons (Fsp3) is 0. The Kier molecular flexibility index (Phi) is 3.08. The summed E-state index contributed by atoms with van der Waals surface area (Å²) < 4.78 is 0. The maximum absolute atomic E-state index is 11.9. The van der Waals surface area contributed by atoms with Gasteiger partial charge in [0.2, 0.25) is 0 Å². The summed E-state index contributed by atoms with van der Waals surface area (Å²) in [7, 11) is 0. The van der Waals surface area contributed by atoms with Crippen molar-refractivity contribution in [3.63, 3.8) is 0 Å². The Morgan fingerprint density at radius 1 is 1.30 bits per heavy atom. The molecule has 0 amide bonds. The second-order valence-electron chi connectivity index (χ2n) is 4.11. The van der Waals surface area contributed by atoms with E-state index in [0.29, 0.717) is 37.9 Å². The maximum Gasteiger partial charge on any atom is 0.262 e. The largest absolute Gasteiger partial charge is 0.312 e. The Morgan fingerprint density at radius 3 is 2.90 bits per heavy atom. The molecule has 1 aromatic carbocycles. The number of aromatic amines is 2. The summed E-state index contributed by atoms with van der Waals surface area (Å²) in [6.07, 6.45) is 1.31. The Morgan fingerprint density at radius 2 is 2.10 bits per heavy atom. The first-order valence-corrected chi connectivity index (χ1v) is 6.40. The minimum Gasteiger partial charge on any atom is -0.312 e. The van der Waals surface area contributed by atoms with Gasteiger partial charge in [0.25, 0.3) is 5.56 Å². The minimum atomic E-state index is -0.293. The molecule has 0 aliphatic carbocycles. The molecule has 0 saturated heterocycles. The molecule has 20 heavy (non-hydrogen) atoms. The molecule has 2 N–H and O–H groups in total. The van der Waals surface area contributed by atoms with Crippen LogP contribution < -0.4 is 5.56 Å². The van der Waals surface area contributed by atoms with Crippen LogP contribution in [0, 0.1) is 0 Å². The number of nitrogens with zero attached hydrogens (tertiary/aromatic N) is 2. The average Bonchev–Trinajstić information content (AvgIpc) is 2.86. The first-order valence-electron chi connectivity index (χ1n) is 5.65. The van der Waals surface area contributed by atoms with Gasteiger partial charge in [-0.1, -0.05) is 41.9 Å². The molecule has 0 radical (unpaired) electrons. The molecule has 0 fully saturated rings. The third-order valence-electron chi connectivity index (χ3n) is 2.93. The highest BCUT2D eigenvalue weighted by Crippen LogP contribution is 2.33. The summed E-state index contributed by atoms with van der Waals surface area (Å²) >= 11 is 12.2. The molecule has 5 nitrogen and oxygen atoms in total. The van der Waals surface area contributed by atoms with E-state index in [4.69, 9.17) is 23.2 Å². The Bertz CT molecular complexity index is 881. The van der Waals surface area contributed by atoms with Gasteiger partial charge >= 0.3 is 0 Å². The van der Waals surface area contributed by atoms with Gasteiger partial charge in [-0.15, -0.1) is 0 Å². The van der Waals surface area contributed by atoms with Gasteiger partial charge in [0.1, 0.15) is 11.1 Å². The van der Waals surface area contributed by atoms with E-state index in [2.05, 4.69) is 26.7 Å². The van der Waals surface area contributed by atoms with Gasteiger partial charge in [-0.25, -0.2) is 4.98 Å². The third kappa shape index (κ3) is 1.92. The molecule has 0 atom stereocenters. The minimum absolute atomic E-state index is 0.293. The zero-order chi connectivity index (χ0) is 14.3. The lowest BCUT2D eigenvalue weighted by atomic mass is 10.0. The van der Waals surface area contributed by atoms with Crippen LogP contribution in [0.2, 0.25) is 10.0 Å². The molecule has 0 unspecified atom stereocenters. The van der Waals surface area contributed by atoms with Gasteiger partial charge in [0, 0.05) is 11.1 Å². The van der Waals surface area contributed by atoms with Gasteiger partial charge in [-0.2, -0.15) is 5.10 Å². The smallest absolute Gasteiger partial charge is 0.262 e. The summed E-state index contributed by atoms with van der Waals surface area (Å²) in [6, 6.07) is 5.20. The van der Waals surface area contributed by atoms with Crippen LogP contribution in [0.1, 0.15) is 11.3 Å². The second kappa shape index (κ2) is 4.77. The van der Waals surface area contributed by atoms with Crippen LogP contribution in [0.4, 0.5) is 0 Å². The highest BCUT2D eigenvalue weighted by Gasteiger charge is 2.17. The van der Waals surface area contributed by atoms with E-state index in [-0.39, 0.29) is 5.56 Å². The summed E-state index contributed by atoms with van der Waals surface area (Å²) in [4.78, 5) is 18.4. The van der Waals surface area contributed by atoms with E-state index < -0.39 is 0 Å². The van der Waals surface area contributed by atoms with Crippen molar-refractivity contribution in [2.75, 3.05) is 0 Å². The number of H-pyrrole nitrogens is 2. The van der Waals surface area contributed by atoms with Crippen molar-refractivity contribution in [2.45, 2.75) is 0 Å². The highest BCUT2D eigenvalue weighted by molar-refractivity contribution is 6.43. The van der Waals surface area contributed by atoms with E-state index >= 15 is 0 Å². The van der Waals surface area contributed by atoms with Crippen molar-refractivity contribution in [3.05, 3.63) is 62.8 Å². The molecular weight excluding hydrogens is 299 g/mol. The van der Waals surface area contributed by atoms with Gasteiger partial charge < -0.3 is 4.98 Å². The predicted molar refractivity (Wildman–Crippen MR) is 79.1 cm³/mol. The molecule has 2 aromatic heterocycles. The summed E-state index contributed by atoms with van der Waals surface area (Å²) in [5.41, 5.74) is 1.62. The summed E-state index contributed by atoms with van der Waals surface area (Å²) in [5, 5.41) is 7.92. The SMILES string of the molecule is C=C(c1cccc(Cl)c1Cl)c1n[nH]c2nc[nH]c(=O)c12. The van der Waals surface area contributed by atoms with Crippen molar-refractivity contribution >= 4 is 39.8 Å². The molecular formula is C13H8Cl2N4O. The van der Waals surface area contributed by atoms with Crippen molar-refractivity contribution < 1.29 is 0 Å². The Hall–Kier alpha value is -2.11. The molecule has 3 aromatic rings. The first-order chi connectivity index (χ1) is 9.59. The van der Waals surface area contributed by atoms with Crippen LogP contribution in [-0.4, -0.2) is 20.2 Å². The second-order valence-corrected chi connectivity index (χ2v) is 4.89. The molecule has 3 rings (SSSR count). The predicted octanol–water partition coefficient (Wildman–Crippen LogP) is 3.01. The maximum atomic E-state index is 11.9. The highest BCUT2D eigenvalue weighted by atomic mass is 35.5. The zero-order valence-electron chi connectivity index (χ0n) is 10.1. The molecule has 0 bridgehead atoms. The van der Waals surface area contributed by atoms with E-state index in [1.807, 2.05) is 0 Å². The van der Waals surface area contributed by atoms with Gasteiger partial charge in [-0.05, 0) is 6.07 Å². The standard InChI is InChI=1S/C13H8Cl2N4O/c1-6(7-3-2-4-8(14)10(7)15)11-9-12(19-18-11)16-5-17-13(9)20/h2-5H,1H2,(H2,16,17,18,19,20). The first kappa shape index (κ1) is 12.9. The van der Waals surface area contributed by atoms with E-state index in [0.717, 1.165) is 0 Å². The fourth-order valence-electron chi connectivity index (χ4n) is 1.95. The van der Waals surface area contributed by atoms with E-state index in [1.54, 1.807) is 18.2 Å². The molecule has 0 aliphatic heterocycles. The van der Waals surface area contributed by atoms with Crippen LogP contribution in [-0.2, 0) is 0 Å². The quantitative estimate of drug-likeness (QED) is 0.764. The normalized spacial score (nSPS) is 10.9. The van der Waals surface area contributed by atoms with Crippen LogP contribution in [0.5, 0.6) is 0 Å². The molecule has 0 saturated carbocycles. The number of fused-ring (bicyclic) bond motifs is 1. The van der Waals surface area contributed by atoms with Crippen LogP contribution in [0.15, 0.2) is 35.9 Å². The number of halogens is 2. The van der Waals surface area contributed by atoms with Crippen LogP contribution in [0.25, 0.3) is 16.6 Å². The monoisotopic (exact) mass is 306 g/mol. The average molecular weight is 307 g/mol. The number of hydrogen-bond acceptors (Lipinski definition) is 3. The Labute approximate surface area is 123 Å². The molecule has 0 aliphatic rings. The van der Waals surface area contributed by atoms with E-state index in [1.165, 1.54) is 6.33 Å². The Balaban J connectivity index is 2.24. The van der Waals surface area contributed by atoms with Gasteiger partial charge in [0.05, 0.1) is 16.4 Å². The van der Waals surface area contributed by atoms with Crippen LogP contribution >= 0.6 is 23.2 Å². The van der Waals surface area contributed by atoms with Crippen molar-refractivity contribution in [3.8, 4) is 0 Å². The molecule has 100 valence electrons. The number of nitrogens with one attached hydrogen (secondary N) is 2. The number of benzene rings is 1. The third-order valence-corrected chi connectivity index (χ3v) is 3.75. The lowest BCUT2D eigenvalue weighted by molar-refractivity contribution is 1.07. The summed E-state index contributed by atoms with van der Waals surface area (Å²) in [5.74, 6) is 0. The zero-order valence-corrected chi connectivity index (χ0v) is 11.6. The van der Waals surface area contributed by atoms with Crippen LogP contribution in [0.3, 0.4) is 0 Å². The number of hydrogen-bond donors (Lipinski definition) is 2. The molecule has 0 spiro atoms.